The third kappa shape index (κ3) is 6.92. The molecule has 0 bridgehead atoms. The van der Waals surface area contributed by atoms with Gasteiger partial charge in [0.1, 0.15) is 12.1 Å². The molecule has 3 atom stereocenters. The summed E-state index contributed by atoms with van der Waals surface area (Å²) in [7, 11) is 2.73. The van der Waals surface area contributed by atoms with E-state index in [4.69, 9.17) is 10.5 Å². The minimum Gasteiger partial charge on any atom is -0.371 e. The van der Waals surface area contributed by atoms with E-state index < -0.39 is 41.2 Å². The van der Waals surface area contributed by atoms with Gasteiger partial charge in [-0.25, -0.2) is 5.06 Å². The van der Waals surface area contributed by atoms with Gasteiger partial charge in [0, 0.05) is 14.2 Å². The van der Waals surface area contributed by atoms with Crippen LogP contribution in [0.4, 0.5) is 0 Å². The normalized spacial score (nSPS) is 15.0. The molecular weight excluding hydrogens is 338 g/mol. The Morgan fingerprint density at radius 1 is 1.19 bits per heavy atom. The summed E-state index contributed by atoms with van der Waals surface area (Å²) in [6, 6.07) is -1.11. The molecule has 8 heteroatoms. The number of nitrogens with one attached hydrogen (secondary N) is 1. The Morgan fingerprint density at radius 2 is 1.77 bits per heavy atom. The number of likely N-dealkylation sites (N-methyl/N-ethyl adjacent to an activating group) is 1. The molecule has 0 aliphatic heterocycles. The minimum absolute atomic E-state index is 0.335. The van der Waals surface area contributed by atoms with Gasteiger partial charge in [-0.2, -0.15) is 0 Å². The maximum atomic E-state index is 12.9. The van der Waals surface area contributed by atoms with E-state index >= 15 is 0 Å². The lowest BCUT2D eigenvalue weighted by molar-refractivity contribution is -0.197. The van der Waals surface area contributed by atoms with Crippen molar-refractivity contribution in [3.63, 3.8) is 0 Å². The Labute approximate surface area is 156 Å². The van der Waals surface area contributed by atoms with E-state index in [0.717, 1.165) is 19.3 Å². The number of rotatable bonds is 11. The summed E-state index contributed by atoms with van der Waals surface area (Å²) in [6.07, 6.45) is 2.77. The number of hydrogen-bond donors (Lipinski definition) is 3. The largest absolute Gasteiger partial charge is 0.371 e. The zero-order valence-electron chi connectivity index (χ0n) is 16.9. The van der Waals surface area contributed by atoms with Gasteiger partial charge in [0.25, 0.3) is 5.91 Å². The zero-order chi connectivity index (χ0) is 20.5. The van der Waals surface area contributed by atoms with Crippen LogP contribution < -0.4 is 11.1 Å². The number of hydrogen-bond acceptors (Lipinski definition) is 5. The Balaban J connectivity index is 5.58. The Bertz CT molecular complexity index is 476. The van der Waals surface area contributed by atoms with Crippen molar-refractivity contribution < 1.29 is 24.3 Å². The predicted octanol–water partition coefficient (Wildman–Crippen LogP) is 1.45. The van der Waals surface area contributed by atoms with Crippen molar-refractivity contribution in [3.8, 4) is 0 Å². The Hall–Kier alpha value is -1.67. The van der Waals surface area contributed by atoms with Gasteiger partial charge >= 0.3 is 0 Å². The van der Waals surface area contributed by atoms with Gasteiger partial charge in [0.15, 0.2) is 0 Å². The lowest BCUT2D eigenvalue weighted by atomic mass is 9.84. The lowest BCUT2D eigenvalue weighted by Crippen LogP contribution is -2.57. The fourth-order valence-electron chi connectivity index (χ4n) is 2.98. The van der Waals surface area contributed by atoms with Crippen LogP contribution >= 0.6 is 0 Å². The fourth-order valence-corrected chi connectivity index (χ4v) is 2.98. The molecule has 26 heavy (non-hydrogen) atoms. The standard InChI is InChI=1S/C18H35N3O5/c1-7-8-9-10-11-12(13(26-6)15(19)22)17(24)21(25)14(16(23)20-5)18(2,3)4/h12-14,25H,7-11H2,1-6H3,(H2,19,22)(H,20,23)/t12-,13+,14-/m1/s1. The monoisotopic (exact) mass is 373 g/mol. The average molecular weight is 373 g/mol. The summed E-state index contributed by atoms with van der Waals surface area (Å²) in [4.78, 5) is 36.9. The van der Waals surface area contributed by atoms with Crippen molar-refractivity contribution in [1.82, 2.24) is 10.4 Å². The van der Waals surface area contributed by atoms with E-state index in [1.165, 1.54) is 14.2 Å². The number of hydroxylamine groups is 2. The molecule has 0 aromatic heterocycles. The summed E-state index contributed by atoms with van der Waals surface area (Å²) in [6.45, 7) is 7.28. The van der Waals surface area contributed by atoms with E-state index in [2.05, 4.69) is 12.2 Å². The van der Waals surface area contributed by atoms with Gasteiger partial charge in [0.2, 0.25) is 11.8 Å². The lowest BCUT2D eigenvalue weighted by Gasteiger charge is -2.37. The smallest absolute Gasteiger partial charge is 0.252 e. The molecule has 0 aromatic rings. The highest BCUT2D eigenvalue weighted by Crippen LogP contribution is 2.27. The van der Waals surface area contributed by atoms with Crippen LogP contribution in [0.25, 0.3) is 0 Å². The van der Waals surface area contributed by atoms with Crippen LogP contribution in [-0.2, 0) is 19.1 Å². The van der Waals surface area contributed by atoms with Crippen molar-refractivity contribution >= 4 is 17.7 Å². The summed E-state index contributed by atoms with van der Waals surface area (Å²) in [5.41, 5.74) is 4.65. The second-order valence-corrected chi connectivity index (χ2v) is 7.58. The molecule has 0 spiro atoms. The van der Waals surface area contributed by atoms with E-state index in [1.807, 2.05) is 0 Å². The van der Waals surface area contributed by atoms with Crippen molar-refractivity contribution in [2.45, 2.75) is 71.9 Å². The first kappa shape index (κ1) is 24.3. The van der Waals surface area contributed by atoms with Gasteiger partial charge in [0.05, 0.1) is 5.92 Å². The quantitative estimate of drug-likeness (QED) is 0.287. The Morgan fingerprint density at radius 3 is 2.15 bits per heavy atom. The summed E-state index contributed by atoms with van der Waals surface area (Å²) in [5, 5.41) is 13.4. The van der Waals surface area contributed by atoms with Crippen molar-refractivity contribution in [2.75, 3.05) is 14.2 Å². The van der Waals surface area contributed by atoms with Crippen molar-refractivity contribution in [1.29, 1.82) is 0 Å². The third-order valence-corrected chi connectivity index (χ3v) is 4.37. The number of carbonyl (C=O) groups is 3. The van der Waals surface area contributed by atoms with Gasteiger partial charge in [-0.1, -0.05) is 53.4 Å². The highest BCUT2D eigenvalue weighted by molar-refractivity contribution is 5.91. The van der Waals surface area contributed by atoms with Crippen LogP contribution in [0, 0.1) is 11.3 Å². The number of nitrogens with two attached hydrogens (primary N) is 1. The number of unbranched alkanes of at least 4 members (excludes halogenated alkanes) is 3. The van der Waals surface area contributed by atoms with E-state index in [9.17, 15) is 19.6 Å². The number of ether oxygens (including phenoxy) is 1. The van der Waals surface area contributed by atoms with Gasteiger partial charge in [-0.15, -0.1) is 0 Å². The number of nitrogens with zero attached hydrogens (tertiary/aromatic N) is 1. The number of methoxy groups -OCH3 is 1. The highest BCUT2D eigenvalue weighted by Gasteiger charge is 2.43. The molecule has 152 valence electrons. The molecule has 0 radical (unpaired) electrons. The van der Waals surface area contributed by atoms with Crippen LogP contribution in [0.2, 0.25) is 0 Å². The van der Waals surface area contributed by atoms with E-state index in [0.29, 0.717) is 17.9 Å². The maximum Gasteiger partial charge on any atom is 0.252 e. The molecule has 0 unspecified atom stereocenters. The molecule has 4 N–H and O–H groups in total. The topological polar surface area (TPSA) is 122 Å². The van der Waals surface area contributed by atoms with Gasteiger partial charge in [-0.3, -0.25) is 19.6 Å². The second kappa shape index (κ2) is 11.1. The first-order chi connectivity index (χ1) is 12.0. The fraction of sp³-hybridized carbons (Fsp3) is 0.833. The van der Waals surface area contributed by atoms with Crippen LogP contribution in [0.5, 0.6) is 0 Å². The first-order valence-electron chi connectivity index (χ1n) is 9.08. The molecule has 0 saturated heterocycles. The molecule has 0 rings (SSSR count). The van der Waals surface area contributed by atoms with E-state index in [1.54, 1.807) is 20.8 Å². The van der Waals surface area contributed by atoms with Crippen molar-refractivity contribution in [3.05, 3.63) is 0 Å². The highest BCUT2D eigenvalue weighted by atomic mass is 16.5. The van der Waals surface area contributed by atoms with Crippen molar-refractivity contribution in [2.24, 2.45) is 17.1 Å². The predicted molar refractivity (Wildman–Crippen MR) is 98.2 cm³/mol. The molecular formula is C18H35N3O5. The maximum absolute atomic E-state index is 12.9. The number of amides is 3. The molecule has 0 saturated carbocycles. The SMILES string of the molecule is CCCCCC[C@@H](C(=O)N(O)[C@H](C(=O)NC)C(C)(C)C)[C@H](OC)C(N)=O. The number of primary amides is 1. The molecule has 0 aliphatic carbocycles. The molecule has 0 aromatic carbocycles. The van der Waals surface area contributed by atoms with E-state index in [-0.39, 0.29) is 0 Å². The van der Waals surface area contributed by atoms with Crippen LogP contribution in [0.15, 0.2) is 0 Å². The minimum atomic E-state index is -1.16. The van der Waals surface area contributed by atoms with Crippen LogP contribution in [0.1, 0.15) is 59.8 Å². The van der Waals surface area contributed by atoms with Crippen LogP contribution in [0.3, 0.4) is 0 Å². The third-order valence-electron chi connectivity index (χ3n) is 4.37. The number of carbonyl (C=O) groups excluding carboxylic acids is 3. The first-order valence-corrected chi connectivity index (χ1v) is 9.08. The molecule has 0 fully saturated rings. The molecule has 0 heterocycles. The molecule has 3 amide bonds. The second-order valence-electron chi connectivity index (χ2n) is 7.58. The summed E-state index contributed by atoms with van der Waals surface area (Å²) in [5.74, 6) is -2.96. The average Bonchev–Trinajstić information content (AvgIpc) is 2.55. The Kier molecular flexibility index (Phi) is 10.4. The van der Waals surface area contributed by atoms with Gasteiger partial charge < -0.3 is 15.8 Å². The summed E-state index contributed by atoms with van der Waals surface area (Å²) < 4.78 is 5.12. The summed E-state index contributed by atoms with van der Waals surface area (Å²) >= 11 is 0. The molecule has 0 aliphatic rings. The van der Waals surface area contributed by atoms with Gasteiger partial charge in [-0.05, 0) is 11.8 Å². The zero-order valence-corrected chi connectivity index (χ0v) is 16.9. The molecule has 8 nitrogen and oxygen atoms in total. The van der Waals surface area contributed by atoms with Crippen LogP contribution in [-0.4, -0.2) is 54.3 Å².